The number of Topliss-reactive ketones (excluding diaryl/α,β-unsaturated/α-hetero) is 1. The van der Waals surface area contributed by atoms with E-state index in [1.807, 2.05) is 30.3 Å². The maximum absolute atomic E-state index is 13.2. The van der Waals surface area contributed by atoms with Gasteiger partial charge in [0.1, 0.15) is 11.5 Å². The number of aromatic nitrogens is 1. The number of halogens is 1. The Kier molecular flexibility index (Phi) is 6.70. The zero-order chi connectivity index (χ0) is 24.4. The lowest BCUT2D eigenvalue weighted by molar-refractivity contribution is -0.140. The molecule has 174 valence electrons. The van der Waals surface area contributed by atoms with Crippen LogP contribution in [0.2, 0.25) is 5.02 Å². The Morgan fingerprint density at radius 1 is 1.12 bits per heavy atom. The first-order chi connectivity index (χ1) is 16.3. The molecule has 2 aromatic carbocycles. The van der Waals surface area contributed by atoms with E-state index in [1.165, 1.54) is 12.0 Å². The first kappa shape index (κ1) is 23.5. The molecule has 0 bridgehead atoms. The van der Waals surface area contributed by atoms with Gasteiger partial charge in [-0.25, -0.2) is 0 Å². The quantitative estimate of drug-likeness (QED) is 0.289. The fourth-order valence-corrected chi connectivity index (χ4v) is 4.28. The molecule has 1 aromatic heterocycles. The molecule has 3 aromatic rings. The number of ketones is 1. The molecule has 2 heterocycles. The van der Waals surface area contributed by atoms with Crippen LogP contribution in [-0.4, -0.2) is 33.8 Å². The molecule has 6 nitrogen and oxygen atoms in total. The van der Waals surface area contributed by atoms with Gasteiger partial charge in [0.05, 0.1) is 36.0 Å². The van der Waals surface area contributed by atoms with Gasteiger partial charge in [0, 0.05) is 11.8 Å². The molecular weight excluding hydrogens is 452 g/mol. The second-order valence-corrected chi connectivity index (χ2v) is 8.82. The normalized spacial score (nSPS) is 17.4. The van der Waals surface area contributed by atoms with Crippen molar-refractivity contribution in [2.45, 2.75) is 32.4 Å². The summed E-state index contributed by atoms with van der Waals surface area (Å²) in [6.45, 7) is 4.30. The lowest BCUT2D eigenvalue weighted by atomic mass is 9.93. The van der Waals surface area contributed by atoms with Gasteiger partial charge in [-0.05, 0) is 47.4 Å². The number of likely N-dealkylation sites (tertiary alicyclic amines) is 1. The summed E-state index contributed by atoms with van der Waals surface area (Å²) in [5, 5.41) is 11.5. The number of hydrogen-bond donors (Lipinski definition) is 1. The Hall–Kier alpha value is -3.64. The molecule has 0 aliphatic carbocycles. The van der Waals surface area contributed by atoms with E-state index in [0.717, 1.165) is 5.56 Å². The predicted octanol–water partition coefficient (Wildman–Crippen LogP) is 5.49. The van der Waals surface area contributed by atoms with Crippen LogP contribution in [0.5, 0.6) is 5.75 Å². The Bertz CT molecular complexity index is 1250. The van der Waals surface area contributed by atoms with E-state index in [1.54, 1.807) is 36.5 Å². The number of carbonyl (C=O) groups excluding carboxylic acids is 2. The lowest BCUT2D eigenvalue weighted by Gasteiger charge is -2.25. The van der Waals surface area contributed by atoms with Crippen LogP contribution in [0.25, 0.3) is 5.76 Å². The Morgan fingerprint density at radius 2 is 1.85 bits per heavy atom. The molecule has 7 heteroatoms. The molecule has 1 N–H and O–H groups in total. The third-order valence-corrected chi connectivity index (χ3v) is 6.28. The van der Waals surface area contributed by atoms with Gasteiger partial charge in [-0.15, -0.1) is 0 Å². The first-order valence-corrected chi connectivity index (χ1v) is 11.3. The van der Waals surface area contributed by atoms with Crippen molar-refractivity contribution in [1.82, 2.24) is 9.88 Å². The Labute approximate surface area is 203 Å². The van der Waals surface area contributed by atoms with Gasteiger partial charge >= 0.3 is 0 Å². The van der Waals surface area contributed by atoms with Crippen LogP contribution >= 0.6 is 11.6 Å². The number of nitrogens with zero attached hydrogens (tertiary/aromatic N) is 2. The average molecular weight is 477 g/mol. The summed E-state index contributed by atoms with van der Waals surface area (Å²) in [5.41, 5.74) is 2.67. The topological polar surface area (TPSA) is 79.7 Å². The van der Waals surface area contributed by atoms with Gasteiger partial charge in [0.25, 0.3) is 11.7 Å². The molecule has 1 atom stereocenters. The molecule has 1 amide bonds. The second kappa shape index (κ2) is 9.69. The number of hydrogen-bond acceptors (Lipinski definition) is 5. The molecule has 34 heavy (non-hydrogen) atoms. The molecular formula is C27H25ClN2O4. The summed E-state index contributed by atoms with van der Waals surface area (Å²) in [7, 11) is 1.50. The van der Waals surface area contributed by atoms with Crippen LogP contribution in [0.4, 0.5) is 0 Å². The van der Waals surface area contributed by atoms with Gasteiger partial charge in [-0.1, -0.05) is 55.8 Å². The fourth-order valence-electron chi connectivity index (χ4n) is 4.08. The highest BCUT2D eigenvalue weighted by molar-refractivity contribution is 6.47. The van der Waals surface area contributed by atoms with Gasteiger partial charge in [-0.3, -0.25) is 14.6 Å². The molecule has 1 aliphatic heterocycles. The zero-order valence-corrected chi connectivity index (χ0v) is 19.9. The predicted molar refractivity (Wildman–Crippen MR) is 131 cm³/mol. The van der Waals surface area contributed by atoms with Crippen molar-refractivity contribution in [3.8, 4) is 5.75 Å². The molecule has 1 unspecified atom stereocenters. The molecule has 0 saturated carbocycles. The summed E-state index contributed by atoms with van der Waals surface area (Å²) >= 11 is 6.36. The van der Waals surface area contributed by atoms with Crippen molar-refractivity contribution in [2.75, 3.05) is 7.11 Å². The maximum atomic E-state index is 13.2. The highest BCUT2D eigenvalue weighted by Crippen LogP contribution is 2.42. The molecule has 1 saturated heterocycles. The second-order valence-electron chi connectivity index (χ2n) is 8.42. The summed E-state index contributed by atoms with van der Waals surface area (Å²) in [4.78, 5) is 32.2. The average Bonchev–Trinajstić information content (AvgIpc) is 3.09. The van der Waals surface area contributed by atoms with Gasteiger partial charge < -0.3 is 14.7 Å². The number of carbonyl (C=O) groups is 2. The minimum absolute atomic E-state index is 0.0200. The van der Waals surface area contributed by atoms with E-state index in [2.05, 4.69) is 18.8 Å². The number of aliphatic hydroxyl groups is 1. The number of methoxy groups -OCH3 is 1. The van der Waals surface area contributed by atoms with Crippen molar-refractivity contribution in [3.63, 3.8) is 0 Å². The third kappa shape index (κ3) is 4.41. The monoisotopic (exact) mass is 476 g/mol. The van der Waals surface area contributed by atoms with Crippen molar-refractivity contribution < 1.29 is 19.4 Å². The number of rotatable bonds is 6. The summed E-state index contributed by atoms with van der Waals surface area (Å²) in [6.07, 6.45) is 1.63. The summed E-state index contributed by atoms with van der Waals surface area (Å²) < 4.78 is 5.25. The van der Waals surface area contributed by atoms with Gasteiger partial charge in [-0.2, -0.15) is 0 Å². The van der Waals surface area contributed by atoms with Crippen LogP contribution in [0.15, 0.2) is 72.4 Å². The maximum Gasteiger partial charge on any atom is 0.296 e. The third-order valence-electron chi connectivity index (χ3n) is 5.95. The van der Waals surface area contributed by atoms with E-state index in [0.29, 0.717) is 22.9 Å². The van der Waals surface area contributed by atoms with Crippen LogP contribution in [0.3, 0.4) is 0 Å². The largest absolute Gasteiger partial charge is 0.507 e. The van der Waals surface area contributed by atoms with Crippen molar-refractivity contribution in [1.29, 1.82) is 0 Å². The minimum atomic E-state index is -0.800. The SMILES string of the molecule is COc1ccc(Cl)c(/C(O)=C2\C(=O)C(=O)N(Cc3ccccn3)C2c2ccc(C(C)C)cc2)c1. The molecule has 1 aliphatic rings. The standard InChI is InChI=1S/C27H25ClN2O4/c1-16(2)17-7-9-18(10-8-17)24-23(25(31)21-14-20(34-3)11-12-22(21)28)26(32)27(33)30(24)15-19-6-4-5-13-29-19/h4-14,16,24,31H,15H2,1-3H3/b25-23+. The highest BCUT2D eigenvalue weighted by Gasteiger charge is 2.46. The summed E-state index contributed by atoms with van der Waals surface area (Å²) in [6, 6.07) is 17.1. The number of pyridine rings is 1. The summed E-state index contributed by atoms with van der Waals surface area (Å²) in [5.74, 6) is -1.03. The first-order valence-electron chi connectivity index (χ1n) is 10.9. The van der Waals surface area contributed by atoms with Crippen molar-refractivity contribution in [2.24, 2.45) is 0 Å². The zero-order valence-electron chi connectivity index (χ0n) is 19.2. The number of benzene rings is 2. The van der Waals surface area contributed by atoms with Gasteiger partial charge in [0.15, 0.2) is 0 Å². The Morgan fingerprint density at radius 3 is 2.47 bits per heavy atom. The van der Waals surface area contributed by atoms with E-state index >= 15 is 0 Å². The number of aliphatic hydroxyl groups excluding tert-OH is 1. The lowest BCUT2D eigenvalue weighted by Crippen LogP contribution is -2.29. The minimum Gasteiger partial charge on any atom is -0.507 e. The fraction of sp³-hybridized carbons (Fsp3) is 0.222. The number of amides is 1. The van der Waals surface area contributed by atoms with Crippen LogP contribution < -0.4 is 4.74 Å². The van der Waals surface area contributed by atoms with Gasteiger partial charge in [0.2, 0.25) is 0 Å². The molecule has 4 rings (SSSR count). The molecule has 0 spiro atoms. The molecule has 1 fully saturated rings. The van der Waals surface area contributed by atoms with Crippen molar-refractivity contribution in [3.05, 3.63) is 99.8 Å². The van der Waals surface area contributed by atoms with E-state index < -0.39 is 17.7 Å². The highest BCUT2D eigenvalue weighted by atomic mass is 35.5. The van der Waals surface area contributed by atoms with Crippen LogP contribution in [0.1, 0.15) is 48.2 Å². The molecule has 0 radical (unpaired) electrons. The van der Waals surface area contributed by atoms with E-state index in [4.69, 9.17) is 16.3 Å². The van der Waals surface area contributed by atoms with Crippen molar-refractivity contribution >= 4 is 29.1 Å². The smallest absolute Gasteiger partial charge is 0.296 e. The van der Waals surface area contributed by atoms with E-state index in [9.17, 15) is 14.7 Å². The van der Waals surface area contributed by atoms with Crippen LogP contribution in [0, 0.1) is 0 Å². The Balaban J connectivity index is 1.89. The van der Waals surface area contributed by atoms with E-state index in [-0.39, 0.29) is 28.5 Å². The number of ether oxygens (including phenoxy) is 1. The van der Waals surface area contributed by atoms with Crippen LogP contribution in [-0.2, 0) is 16.1 Å².